The van der Waals surface area contributed by atoms with Gasteiger partial charge in [-0.05, 0) is 42.0 Å². The molecule has 5 nitrogen and oxygen atoms in total. The van der Waals surface area contributed by atoms with Crippen molar-refractivity contribution in [2.75, 3.05) is 25.1 Å². The smallest absolute Gasteiger partial charge is 0.251 e. The van der Waals surface area contributed by atoms with E-state index in [-0.39, 0.29) is 17.2 Å². The molecular formula is C16H20N2O3. The highest BCUT2D eigenvalue weighted by Crippen LogP contribution is 2.29. The first-order valence-electron chi connectivity index (χ1n) is 7.34. The number of hydrogen-bond acceptors (Lipinski definition) is 3. The number of carbonyl (C=O) groups is 2. The number of amides is 2. The molecule has 1 fully saturated rings. The summed E-state index contributed by atoms with van der Waals surface area (Å²) in [5.74, 6) is -0.0952. The molecule has 0 unspecified atom stereocenters. The van der Waals surface area contributed by atoms with Gasteiger partial charge >= 0.3 is 0 Å². The standard InChI is InChI=1S/C16H20N2O3/c1-16(4-6-21-7-5-16)10-17-15(20)11-2-3-13-12(8-11)9-14(19)18-13/h2-3,8H,4-7,9-10H2,1H3,(H,17,20)(H,18,19). The summed E-state index contributed by atoms with van der Waals surface area (Å²) in [4.78, 5) is 23.6. The van der Waals surface area contributed by atoms with Gasteiger partial charge in [0, 0.05) is 31.0 Å². The van der Waals surface area contributed by atoms with Gasteiger partial charge in [0.05, 0.1) is 6.42 Å². The van der Waals surface area contributed by atoms with Crippen molar-refractivity contribution >= 4 is 17.5 Å². The number of anilines is 1. The van der Waals surface area contributed by atoms with E-state index in [0.29, 0.717) is 18.5 Å². The van der Waals surface area contributed by atoms with E-state index in [1.54, 1.807) is 18.2 Å². The predicted molar refractivity (Wildman–Crippen MR) is 79.3 cm³/mol. The summed E-state index contributed by atoms with van der Waals surface area (Å²) in [5.41, 5.74) is 2.43. The van der Waals surface area contributed by atoms with Gasteiger partial charge in [-0.2, -0.15) is 0 Å². The van der Waals surface area contributed by atoms with E-state index in [1.165, 1.54) is 0 Å². The summed E-state index contributed by atoms with van der Waals surface area (Å²) in [7, 11) is 0. The van der Waals surface area contributed by atoms with Crippen LogP contribution in [0.4, 0.5) is 5.69 Å². The van der Waals surface area contributed by atoms with Crippen LogP contribution in [-0.2, 0) is 16.0 Å². The Balaban J connectivity index is 1.63. The molecule has 1 saturated heterocycles. The molecule has 2 aliphatic heterocycles. The second-order valence-electron chi connectivity index (χ2n) is 6.20. The highest BCUT2D eigenvalue weighted by molar-refractivity contribution is 6.01. The highest BCUT2D eigenvalue weighted by atomic mass is 16.5. The lowest BCUT2D eigenvalue weighted by Gasteiger charge is -2.33. The van der Waals surface area contributed by atoms with Crippen molar-refractivity contribution in [3.05, 3.63) is 29.3 Å². The van der Waals surface area contributed by atoms with Gasteiger partial charge in [-0.15, -0.1) is 0 Å². The molecule has 3 rings (SSSR count). The van der Waals surface area contributed by atoms with E-state index in [2.05, 4.69) is 17.6 Å². The maximum absolute atomic E-state index is 12.3. The Hall–Kier alpha value is -1.88. The Bertz CT molecular complexity index is 577. The number of nitrogens with one attached hydrogen (secondary N) is 2. The van der Waals surface area contributed by atoms with E-state index >= 15 is 0 Å². The molecule has 2 amide bonds. The molecule has 0 aromatic heterocycles. The van der Waals surface area contributed by atoms with Crippen LogP contribution in [0.1, 0.15) is 35.7 Å². The summed E-state index contributed by atoms with van der Waals surface area (Å²) in [6.07, 6.45) is 2.29. The van der Waals surface area contributed by atoms with Gasteiger partial charge in [0.15, 0.2) is 0 Å². The van der Waals surface area contributed by atoms with Crippen molar-refractivity contribution in [2.24, 2.45) is 5.41 Å². The van der Waals surface area contributed by atoms with E-state index in [4.69, 9.17) is 4.74 Å². The van der Waals surface area contributed by atoms with E-state index < -0.39 is 0 Å². The zero-order valence-electron chi connectivity index (χ0n) is 12.2. The van der Waals surface area contributed by atoms with Gasteiger partial charge < -0.3 is 15.4 Å². The Labute approximate surface area is 124 Å². The first-order chi connectivity index (χ1) is 10.1. The first kappa shape index (κ1) is 14.1. The summed E-state index contributed by atoms with van der Waals surface area (Å²) in [5, 5.41) is 5.78. The molecule has 0 aliphatic carbocycles. The highest BCUT2D eigenvalue weighted by Gasteiger charge is 2.28. The molecule has 2 N–H and O–H groups in total. The molecule has 2 aliphatic rings. The normalized spacial score (nSPS) is 19.8. The molecule has 5 heteroatoms. The molecular weight excluding hydrogens is 268 g/mol. The third-order valence-corrected chi connectivity index (χ3v) is 4.37. The molecule has 0 spiro atoms. The average molecular weight is 288 g/mol. The Kier molecular flexibility index (Phi) is 3.68. The van der Waals surface area contributed by atoms with Crippen LogP contribution in [0.5, 0.6) is 0 Å². The molecule has 0 bridgehead atoms. The quantitative estimate of drug-likeness (QED) is 0.890. The van der Waals surface area contributed by atoms with Crippen molar-refractivity contribution in [2.45, 2.75) is 26.2 Å². The second kappa shape index (κ2) is 5.48. The van der Waals surface area contributed by atoms with Crippen molar-refractivity contribution in [3.63, 3.8) is 0 Å². The minimum Gasteiger partial charge on any atom is -0.381 e. The fraction of sp³-hybridized carbons (Fsp3) is 0.500. The third-order valence-electron chi connectivity index (χ3n) is 4.37. The predicted octanol–water partition coefficient (Wildman–Crippen LogP) is 1.73. The van der Waals surface area contributed by atoms with Gasteiger partial charge in [-0.1, -0.05) is 6.92 Å². The number of ether oxygens (including phenoxy) is 1. The summed E-state index contributed by atoms with van der Waals surface area (Å²) in [6.45, 7) is 4.36. The van der Waals surface area contributed by atoms with Crippen LogP contribution >= 0.6 is 0 Å². The van der Waals surface area contributed by atoms with Gasteiger partial charge in [-0.3, -0.25) is 9.59 Å². The molecule has 0 saturated carbocycles. The number of rotatable bonds is 3. The molecule has 1 aromatic carbocycles. The van der Waals surface area contributed by atoms with Crippen molar-refractivity contribution in [1.29, 1.82) is 0 Å². The largest absolute Gasteiger partial charge is 0.381 e. The van der Waals surface area contributed by atoms with Crippen LogP contribution in [-0.4, -0.2) is 31.6 Å². The van der Waals surface area contributed by atoms with E-state index in [0.717, 1.165) is 37.3 Å². The minimum absolute atomic E-state index is 0.0164. The number of fused-ring (bicyclic) bond motifs is 1. The SMILES string of the molecule is CC1(CNC(=O)c2ccc3c(c2)CC(=O)N3)CCOCC1. The lowest BCUT2D eigenvalue weighted by Crippen LogP contribution is -2.39. The van der Waals surface area contributed by atoms with Crippen LogP contribution < -0.4 is 10.6 Å². The lowest BCUT2D eigenvalue weighted by molar-refractivity contribution is -0.115. The Morgan fingerprint density at radius 3 is 2.90 bits per heavy atom. The van der Waals surface area contributed by atoms with Crippen molar-refractivity contribution < 1.29 is 14.3 Å². The zero-order valence-corrected chi connectivity index (χ0v) is 12.2. The zero-order chi connectivity index (χ0) is 14.9. The fourth-order valence-electron chi connectivity index (χ4n) is 2.81. The van der Waals surface area contributed by atoms with Crippen molar-refractivity contribution in [3.8, 4) is 0 Å². The second-order valence-corrected chi connectivity index (χ2v) is 6.20. The fourth-order valence-corrected chi connectivity index (χ4v) is 2.81. The lowest BCUT2D eigenvalue weighted by atomic mass is 9.82. The van der Waals surface area contributed by atoms with Crippen LogP contribution in [0, 0.1) is 5.41 Å². The van der Waals surface area contributed by atoms with E-state index in [9.17, 15) is 9.59 Å². The number of benzene rings is 1. The number of hydrogen-bond donors (Lipinski definition) is 2. The molecule has 112 valence electrons. The van der Waals surface area contributed by atoms with Crippen LogP contribution in [0.2, 0.25) is 0 Å². The van der Waals surface area contributed by atoms with Gasteiger partial charge in [-0.25, -0.2) is 0 Å². The van der Waals surface area contributed by atoms with Crippen LogP contribution in [0.3, 0.4) is 0 Å². The van der Waals surface area contributed by atoms with Gasteiger partial charge in [0.1, 0.15) is 0 Å². The monoisotopic (exact) mass is 288 g/mol. The first-order valence-corrected chi connectivity index (χ1v) is 7.34. The van der Waals surface area contributed by atoms with E-state index in [1.807, 2.05) is 0 Å². The molecule has 0 radical (unpaired) electrons. The topological polar surface area (TPSA) is 67.4 Å². The number of carbonyl (C=O) groups excluding carboxylic acids is 2. The Morgan fingerprint density at radius 2 is 2.14 bits per heavy atom. The maximum atomic E-state index is 12.3. The van der Waals surface area contributed by atoms with Crippen LogP contribution in [0.25, 0.3) is 0 Å². The maximum Gasteiger partial charge on any atom is 0.251 e. The Morgan fingerprint density at radius 1 is 1.38 bits per heavy atom. The average Bonchev–Trinajstić information content (AvgIpc) is 2.84. The molecule has 2 heterocycles. The molecule has 0 atom stereocenters. The molecule has 21 heavy (non-hydrogen) atoms. The summed E-state index contributed by atoms with van der Waals surface area (Å²) >= 11 is 0. The molecule has 1 aromatic rings. The van der Waals surface area contributed by atoms with Gasteiger partial charge in [0.25, 0.3) is 5.91 Å². The third kappa shape index (κ3) is 3.08. The van der Waals surface area contributed by atoms with Crippen molar-refractivity contribution in [1.82, 2.24) is 5.32 Å². The summed E-state index contributed by atoms with van der Waals surface area (Å²) < 4.78 is 5.37. The van der Waals surface area contributed by atoms with Crippen LogP contribution in [0.15, 0.2) is 18.2 Å². The summed E-state index contributed by atoms with van der Waals surface area (Å²) in [6, 6.07) is 5.35. The van der Waals surface area contributed by atoms with Gasteiger partial charge in [0.2, 0.25) is 5.91 Å². The minimum atomic E-state index is -0.0788.